The Morgan fingerprint density at radius 3 is 1.80 bits per heavy atom. The Hall–Kier alpha value is -2.99. The molecule has 3 N–H and O–H groups in total. The van der Waals surface area contributed by atoms with Gasteiger partial charge in [0, 0.05) is 5.56 Å². The van der Waals surface area contributed by atoms with E-state index in [1.165, 1.54) is 0 Å². The highest BCUT2D eigenvalue weighted by Gasteiger charge is 2.16. The van der Waals surface area contributed by atoms with Gasteiger partial charge in [-0.15, -0.1) is 0 Å². The van der Waals surface area contributed by atoms with Crippen LogP contribution in [0.15, 0.2) is 60.7 Å². The zero-order chi connectivity index (χ0) is 13.9. The summed E-state index contributed by atoms with van der Waals surface area (Å²) in [6.45, 7) is 0. The average Bonchev–Trinajstić information content (AvgIpc) is 2.86. The maximum absolute atomic E-state index is 9.37. The minimum absolute atomic E-state index is 0.495. The Bertz CT molecular complexity index is 765. The third-order valence-electron chi connectivity index (χ3n) is 3.28. The summed E-state index contributed by atoms with van der Waals surface area (Å²) in [5.41, 5.74) is 10.6. The molecule has 96 valence electrons. The minimum atomic E-state index is 0.495. The monoisotopic (exact) mass is 259 g/mol. The number of nitrogens with one attached hydrogen (secondary N) is 1. The van der Waals surface area contributed by atoms with Gasteiger partial charge < -0.3 is 10.7 Å². The quantitative estimate of drug-likeness (QED) is 0.735. The number of rotatable bonds is 2. The number of hydrogen-bond donors (Lipinski definition) is 2. The fraction of sp³-hybridized carbons (Fsp3) is 0. The standard InChI is InChI=1S/C17H13N3/c18-11-14-15(19)17(13-9-5-2-6-10-13)20-16(14)12-7-3-1-4-8-12/h1-10,20H,19H2. The lowest BCUT2D eigenvalue weighted by atomic mass is 10.1. The second-order valence-electron chi connectivity index (χ2n) is 4.51. The number of benzene rings is 2. The molecule has 0 bridgehead atoms. The predicted octanol–water partition coefficient (Wildman–Crippen LogP) is 3.80. The van der Waals surface area contributed by atoms with Gasteiger partial charge in [-0.2, -0.15) is 5.26 Å². The van der Waals surface area contributed by atoms with Gasteiger partial charge in [0.05, 0.1) is 17.1 Å². The number of hydrogen-bond acceptors (Lipinski definition) is 2. The number of aromatic nitrogens is 1. The third kappa shape index (κ3) is 1.94. The van der Waals surface area contributed by atoms with E-state index < -0.39 is 0 Å². The molecule has 3 nitrogen and oxygen atoms in total. The molecule has 0 spiro atoms. The number of H-pyrrole nitrogens is 1. The lowest BCUT2D eigenvalue weighted by molar-refractivity contribution is 1.38. The Morgan fingerprint density at radius 1 is 0.800 bits per heavy atom. The molecule has 3 aromatic rings. The first-order chi connectivity index (χ1) is 9.81. The van der Waals surface area contributed by atoms with Gasteiger partial charge in [0.1, 0.15) is 11.6 Å². The lowest BCUT2D eigenvalue weighted by Crippen LogP contribution is -1.89. The van der Waals surface area contributed by atoms with Crippen LogP contribution in [0.1, 0.15) is 5.56 Å². The van der Waals surface area contributed by atoms with Gasteiger partial charge in [0.25, 0.3) is 0 Å². The molecular formula is C17H13N3. The first-order valence-corrected chi connectivity index (χ1v) is 6.33. The van der Waals surface area contributed by atoms with Gasteiger partial charge >= 0.3 is 0 Å². The molecule has 0 unspecified atom stereocenters. The van der Waals surface area contributed by atoms with E-state index in [9.17, 15) is 5.26 Å². The minimum Gasteiger partial charge on any atom is -0.396 e. The maximum Gasteiger partial charge on any atom is 0.104 e. The van der Waals surface area contributed by atoms with Crippen LogP contribution in [-0.4, -0.2) is 4.98 Å². The van der Waals surface area contributed by atoms with Crippen LogP contribution in [0, 0.1) is 11.3 Å². The van der Waals surface area contributed by atoms with Crippen molar-refractivity contribution in [2.24, 2.45) is 0 Å². The van der Waals surface area contributed by atoms with Crippen molar-refractivity contribution in [1.82, 2.24) is 4.98 Å². The maximum atomic E-state index is 9.37. The van der Waals surface area contributed by atoms with Crippen LogP contribution < -0.4 is 5.73 Å². The average molecular weight is 259 g/mol. The molecule has 0 saturated heterocycles. The van der Waals surface area contributed by atoms with Crippen molar-refractivity contribution in [1.29, 1.82) is 5.26 Å². The summed E-state index contributed by atoms with van der Waals surface area (Å²) < 4.78 is 0. The van der Waals surface area contributed by atoms with E-state index in [1.54, 1.807) is 0 Å². The molecule has 0 aliphatic heterocycles. The largest absolute Gasteiger partial charge is 0.396 e. The van der Waals surface area contributed by atoms with Gasteiger partial charge in [-0.25, -0.2) is 0 Å². The van der Waals surface area contributed by atoms with Gasteiger partial charge in [0.2, 0.25) is 0 Å². The van der Waals surface area contributed by atoms with Crippen molar-refractivity contribution < 1.29 is 0 Å². The van der Waals surface area contributed by atoms with Gasteiger partial charge in [-0.05, 0) is 5.56 Å². The molecule has 0 saturated carbocycles. The topological polar surface area (TPSA) is 65.6 Å². The summed E-state index contributed by atoms with van der Waals surface area (Å²) >= 11 is 0. The Morgan fingerprint density at radius 2 is 1.30 bits per heavy atom. The smallest absolute Gasteiger partial charge is 0.104 e. The molecule has 3 heteroatoms. The molecule has 0 aliphatic rings. The van der Waals surface area contributed by atoms with E-state index in [0.29, 0.717) is 11.3 Å². The third-order valence-corrected chi connectivity index (χ3v) is 3.28. The normalized spacial score (nSPS) is 10.2. The first kappa shape index (κ1) is 12.1. The van der Waals surface area contributed by atoms with E-state index in [-0.39, 0.29) is 0 Å². The zero-order valence-corrected chi connectivity index (χ0v) is 10.8. The van der Waals surface area contributed by atoms with E-state index in [1.807, 2.05) is 60.7 Å². The number of nitrogen functional groups attached to an aromatic ring is 1. The fourth-order valence-corrected chi connectivity index (χ4v) is 2.28. The Labute approximate surface area is 117 Å². The van der Waals surface area contributed by atoms with Crippen LogP contribution in [0.2, 0.25) is 0 Å². The van der Waals surface area contributed by atoms with Crippen molar-refractivity contribution in [2.45, 2.75) is 0 Å². The van der Waals surface area contributed by atoms with E-state index in [2.05, 4.69) is 11.1 Å². The summed E-state index contributed by atoms with van der Waals surface area (Å²) in [5, 5.41) is 9.37. The summed E-state index contributed by atoms with van der Waals surface area (Å²) in [4.78, 5) is 3.29. The lowest BCUT2D eigenvalue weighted by Gasteiger charge is -1.99. The van der Waals surface area contributed by atoms with Crippen molar-refractivity contribution in [3.8, 4) is 28.6 Å². The van der Waals surface area contributed by atoms with Gasteiger partial charge in [-0.1, -0.05) is 60.7 Å². The van der Waals surface area contributed by atoms with E-state index in [4.69, 9.17) is 5.73 Å². The predicted molar refractivity (Wildman–Crippen MR) is 80.8 cm³/mol. The molecule has 0 radical (unpaired) electrons. The molecule has 20 heavy (non-hydrogen) atoms. The van der Waals surface area contributed by atoms with Crippen LogP contribution in [0.3, 0.4) is 0 Å². The highest BCUT2D eigenvalue weighted by Crippen LogP contribution is 2.35. The van der Waals surface area contributed by atoms with Crippen LogP contribution in [-0.2, 0) is 0 Å². The number of nitrogens with two attached hydrogens (primary N) is 1. The number of anilines is 1. The molecular weight excluding hydrogens is 246 g/mol. The van der Waals surface area contributed by atoms with Crippen molar-refractivity contribution in [2.75, 3.05) is 5.73 Å². The highest BCUT2D eigenvalue weighted by molar-refractivity contribution is 5.86. The number of nitriles is 1. The van der Waals surface area contributed by atoms with Crippen molar-refractivity contribution in [3.63, 3.8) is 0 Å². The molecule has 1 heterocycles. The molecule has 0 aliphatic carbocycles. The SMILES string of the molecule is N#Cc1c(-c2ccccc2)[nH]c(-c2ccccc2)c1N. The molecule has 0 fully saturated rings. The van der Waals surface area contributed by atoms with Crippen LogP contribution in [0.5, 0.6) is 0 Å². The Kier molecular flexibility index (Phi) is 2.98. The van der Waals surface area contributed by atoms with Crippen LogP contribution >= 0.6 is 0 Å². The molecule has 1 aromatic heterocycles. The summed E-state index contributed by atoms with van der Waals surface area (Å²) in [6.07, 6.45) is 0. The zero-order valence-electron chi connectivity index (χ0n) is 10.8. The molecule has 0 amide bonds. The molecule has 3 rings (SSSR count). The second kappa shape index (κ2) is 4.94. The number of nitrogens with zero attached hydrogens (tertiary/aromatic N) is 1. The van der Waals surface area contributed by atoms with Gasteiger partial charge in [0.15, 0.2) is 0 Å². The molecule has 0 atom stereocenters. The molecule has 2 aromatic carbocycles. The fourth-order valence-electron chi connectivity index (χ4n) is 2.28. The summed E-state index contributed by atoms with van der Waals surface area (Å²) in [6, 6.07) is 21.7. The second-order valence-corrected chi connectivity index (χ2v) is 4.51. The van der Waals surface area contributed by atoms with E-state index in [0.717, 1.165) is 22.5 Å². The highest BCUT2D eigenvalue weighted by atomic mass is 14.8. The summed E-state index contributed by atoms with van der Waals surface area (Å²) in [7, 11) is 0. The van der Waals surface area contributed by atoms with Crippen molar-refractivity contribution >= 4 is 5.69 Å². The van der Waals surface area contributed by atoms with Crippen LogP contribution in [0.4, 0.5) is 5.69 Å². The van der Waals surface area contributed by atoms with E-state index >= 15 is 0 Å². The number of aromatic amines is 1. The first-order valence-electron chi connectivity index (χ1n) is 6.33. The Balaban J connectivity index is 2.22. The van der Waals surface area contributed by atoms with Gasteiger partial charge in [-0.3, -0.25) is 0 Å². The van der Waals surface area contributed by atoms with Crippen molar-refractivity contribution in [3.05, 3.63) is 66.2 Å². The summed E-state index contributed by atoms with van der Waals surface area (Å²) in [5.74, 6) is 0. The van der Waals surface area contributed by atoms with Crippen LogP contribution in [0.25, 0.3) is 22.5 Å².